The van der Waals surface area contributed by atoms with Crippen LogP contribution in [0.5, 0.6) is 0 Å². The van der Waals surface area contributed by atoms with Crippen molar-refractivity contribution < 1.29 is 10.0 Å². The van der Waals surface area contributed by atoms with Gasteiger partial charge in [0.1, 0.15) is 11.9 Å². The Morgan fingerprint density at radius 3 is 2.94 bits per heavy atom. The van der Waals surface area contributed by atoms with E-state index in [0.717, 1.165) is 0 Å². The molecule has 1 N–H and O–H groups in total. The molecule has 86 valence electrons. The van der Waals surface area contributed by atoms with Gasteiger partial charge in [-0.3, -0.25) is 4.79 Å². The molecule has 4 atom stereocenters. The van der Waals surface area contributed by atoms with E-state index in [-0.39, 0.29) is 17.6 Å². The van der Waals surface area contributed by atoms with Crippen molar-refractivity contribution in [3.63, 3.8) is 0 Å². The third kappa shape index (κ3) is 1.23. The highest BCUT2D eigenvalue weighted by molar-refractivity contribution is 6.32. The number of nitrogens with zero attached hydrogens (tertiary/aromatic N) is 3. The molecule has 5 nitrogen and oxygen atoms in total. The normalized spacial score (nSPS) is 41.6. The maximum atomic E-state index is 11.8. The minimum Gasteiger partial charge on any atom is -0.410 e. The van der Waals surface area contributed by atoms with E-state index >= 15 is 0 Å². The van der Waals surface area contributed by atoms with E-state index in [2.05, 4.69) is 11.2 Å². The van der Waals surface area contributed by atoms with Crippen molar-refractivity contribution in [1.29, 1.82) is 5.26 Å². The molecule has 0 amide bonds. The summed E-state index contributed by atoms with van der Waals surface area (Å²) in [5, 5.41) is 20.3. The molecule has 0 radical (unpaired) electrons. The number of fused-ring (bicyclic) bond motifs is 2. The highest BCUT2D eigenvalue weighted by Crippen LogP contribution is 2.52. The van der Waals surface area contributed by atoms with Gasteiger partial charge in [0.25, 0.3) is 0 Å². The second kappa shape index (κ2) is 3.63. The molecule has 2 rings (SSSR count). The van der Waals surface area contributed by atoms with Gasteiger partial charge in [0, 0.05) is 7.05 Å². The van der Waals surface area contributed by atoms with Gasteiger partial charge in [-0.15, -0.1) is 11.6 Å². The molecule has 0 aliphatic heterocycles. The summed E-state index contributed by atoms with van der Waals surface area (Å²) in [6.45, 7) is 0. The van der Waals surface area contributed by atoms with Crippen LogP contribution >= 0.6 is 11.6 Å². The number of carbonyl (C=O) groups is 1. The standard InChI is InChI=1S/C10H12ClN3O2/c1-14(5-13-16)10(4-12)3-6-2-7(10)9(15)8(6)11/h5-8,16H,2-3H2,1H3. The number of halogens is 1. The lowest BCUT2D eigenvalue weighted by Gasteiger charge is -2.38. The molecular formula is C10H12ClN3O2. The minimum absolute atomic E-state index is 0.0577. The van der Waals surface area contributed by atoms with E-state index in [4.69, 9.17) is 16.8 Å². The Balaban J connectivity index is 2.34. The second-order valence-corrected chi connectivity index (χ2v) is 4.90. The van der Waals surface area contributed by atoms with E-state index in [0.29, 0.717) is 12.8 Å². The van der Waals surface area contributed by atoms with Crippen molar-refractivity contribution in [1.82, 2.24) is 4.90 Å². The van der Waals surface area contributed by atoms with E-state index in [1.807, 2.05) is 0 Å². The Hall–Kier alpha value is -1.28. The quantitative estimate of drug-likeness (QED) is 0.255. The monoisotopic (exact) mass is 241 g/mol. The van der Waals surface area contributed by atoms with Gasteiger partial charge in [-0.2, -0.15) is 5.26 Å². The van der Waals surface area contributed by atoms with Gasteiger partial charge >= 0.3 is 0 Å². The average molecular weight is 242 g/mol. The van der Waals surface area contributed by atoms with Crippen molar-refractivity contribution in [2.24, 2.45) is 17.0 Å². The number of carbonyl (C=O) groups excluding carboxylic acids is 1. The van der Waals surface area contributed by atoms with Crippen molar-refractivity contribution in [3.05, 3.63) is 0 Å². The van der Waals surface area contributed by atoms with Gasteiger partial charge in [-0.25, -0.2) is 0 Å². The number of ketones is 1. The van der Waals surface area contributed by atoms with Crippen molar-refractivity contribution in [2.75, 3.05) is 7.05 Å². The summed E-state index contributed by atoms with van der Waals surface area (Å²) in [6, 6.07) is 2.19. The molecule has 6 heteroatoms. The minimum atomic E-state index is -0.890. The number of Topliss-reactive ketones (excluding diaryl/α,β-unsaturated/α-hetero) is 1. The SMILES string of the molecule is CN(C=NO)C1(C#N)CC2CC1C(=O)C2Cl. The highest BCUT2D eigenvalue weighted by atomic mass is 35.5. The maximum absolute atomic E-state index is 11.8. The summed E-state index contributed by atoms with van der Waals surface area (Å²) in [6.07, 6.45) is 2.38. The van der Waals surface area contributed by atoms with Crippen LogP contribution in [0, 0.1) is 23.2 Å². The summed E-state index contributed by atoms with van der Waals surface area (Å²) < 4.78 is 0. The Kier molecular flexibility index (Phi) is 2.55. The summed E-state index contributed by atoms with van der Waals surface area (Å²) in [5.41, 5.74) is -0.890. The largest absolute Gasteiger partial charge is 0.410 e. The Bertz CT molecular complexity index is 392. The molecule has 2 fully saturated rings. The second-order valence-electron chi connectivity index (χ2n) is 4.43. The first-order valence-corrected chi connectivity index (χ1v) is 5.50. The molecule has 2 bridgehead atoms. The van der Waals surface area contributed by atoms with Gasteiger partial charge in [-0.05, 0) is 18.8 Å². The number of nitriles is 1. The molecular weight excluding hydrogens is 230 g/mol. The zero-order valence-electron chi connectivity index (χ0n) is 8.80. The molecule has 2 aliphatic carbocycles. The Morgan fingerprint density at radius 1 is 1.81 bits per heavy atom. The molecule has 2 aliphatic rings. The first kappa shape index (κ1) is 11.2. The fourth-order valence-electron chi connectivity index (χ4n) is 2.89. The van der Waals surface area contributed by atoms with Gasteiger partial charge < -0.3 is 10.1 Å². The number of rotatable bonds is 2. The number of hydrogen-bond donors (Lipinski definition) is 1. The van der Waals surface area contributed by atoms with Gasteiger partial charge in [-0.1, -0.05) is 5.16 Å². The third-order valence-electron chi connectivity index (χ3n) is 3.77. The molecule has 0 spiro atoms. The Morgan fingerprint density at radius 2 is 2.50 bits per heavy atom. The molecule has 16 heavy (non-hydrogen) atoms. The van der Waals surface area contributed by atoms with Crippen LogP contribution in [0.4, 0.5) is 0 Å². The molecule has 0 saturated heterocycles. The van der Waals surface area contributed by atoms with Crippen LogP contribution in [0.25, 0.3) is 0 Å². The summed E-state index contributed by atoms with van der Waals surface area (Å²) in [5.74, 6) is -0.362. The zero-order valence-corrected chi connectivity index (χ0v) is 9.55. The van der Waals surface area contributed by atoms with Crippen LogP contribution in [0.2, 0.25) is 0 Å². The summed E-state index contributed by atoms with van der Waals surface area (Å²) in [4.78, 5) is 13.3. The molecule has 0 heterocycles. The van der Waals surface area contributed by atoms with Gasteiger partial charge in [0.2, 0.25) is 0 Å². The third-order valence-corrected chi connectivity index (χ3v) is 4.34. The number of alkyl halides is 1. The van der Waals surface area contributed by atoms with Gasteiger partial charge in [0.15, 0.2) is 5.78 Å². The predicted octanol–water partition coefficient (Wildman–Crippen LogP) is 0.814. The van der Waals surface area contributed by atoms with Crippen molar-refractivity contribution in [3.8, 4) is 6.07 Å². The fourth-order valence-corrected chi connectivity index (χ4v) is 3.24. The first-order chi connectivity index (χ1) is 7.56. The van der Waals surface area contributed by atoms with E-state index in [1.165, 1.54) is 11.2 Å². The van der Waals surface area contributed by atoms with E-state index < -0.39 is 10.9 Å². The molecule has 4 unspecified atom stereocenters. The van der Waals surface area contributed by atoms with Crippen molar-refractivity contribution in [2.45, 2.75) is 23.8 Å². The van der Waals surface area contributed by atoms with E-state index in [9.17, 15) is 10.1 Å². The van der Waals surface area contributed by atoms with Crippen LogP contribution < -0.4 is 0 Å². The molecule has 0 aromatic carbocycles. The number of oxime groups is 1. The fraction of sp³-hybridized carbons (Fsp3) is 0.700. The molecule has 0 aromatic heterocycles. The number of hydrogen-bond acceptors (Lipinski definition) is 4. The van der Waals surface area contributed by atoms with Crippen molar-refractivity contribution >= 4 is 23.7 Å². The molecule has 0 aromatic rings. The smallest absolute Gasteiger partial charge is 0.157 e. The van der Waals surface area contributed by atoms with Crippen LogP contribution in [0.1, 0.15) is 12.8 Å². The zero-order chi connectivity index (χ0) is 11.9. The summed E-state index contributed by atoms with van der Waals surface area (Å²) >= 11 is 5.96. The van der Waals surface area contributed by atoms with Crippen LogP contribution in [0.3, 0.4) is 0 Å². The predicted molar refractivity (Wildman–Crippen MR) is 57.2 cm³/mol. The highest BCUT2D eigenvalue weighted by Gasteiger charge is 2.62. The summed E-state index contributed by atoms with van der Waals surface area (Å²) in [7, 11) is 1.64. The van der Waals surface area contributed by atoms with Gasteiger partial charge in [0.05, 0.1) is 17.4 Å². The lowest BCUT2D eigenvalue weighted by molar-refractivity contribution is -0.124. The lowest BCUT2D eigenvalue weighted by Crippen LogP contribution is -2.53. The van der Waals surface area contributed by atoms with Crippen LogP contribution in [-0.2, 0) is 4.79 Å². The maximum Gasteiger partial charge on any atom is 0.157 e. The topological polar surface area (TPSA) is 76.7 Å². The van der Waals surface area contributed by atoms with E-state index in [1.54, 1.807) is 7.05 Å². The molecule has 2 saturated carbocycles. The Labute approximate surface area is 98.3 Å². The lowest BCUT2D eigenvalue weighted by atomic mass is 9.80. The average Bonchev–Trinajstić information content (AvgIpc) is 2.78. The first-order valence-electron chi connectivity index (χ1n) is 5.06. The van der Waals surface area contributed by atoms with Crippen LogP contribution in [-0.4, -0.2) is 40.2 Å². The van der Waals surface area contributed by atoms with Crippen LogP contribution in [0.15, 0.2) is 5.16 Å².